The van der Waals surface area contributed by atoms with Gasteiger partial charge in [-0.2, -0.15) is 20.5 Å². The van der Waals surface area contributed by atoms with Crippen LogP contribution in [0.1, 0.15) is 58.8 Å². The highest BCUT2D eigenvalue weighted by Gasteiger charge is 2.25. The lowest BCUT2D eigenvalue weighted by atomic mass is 10.2. The summed E-state index contributed by atoms with van der Waals surface area (Å²) in [5.74, 6) is 0. The lowest BCUT2D eigenvalue weighted by molar-refractivity contribution is -0.422. The first-order valence-corrected chi connectivity index (χ1v) is 17.0. The Bertz CT molecular complexity index is 1970. The average molecular weight is 727 g/mol. The van der Waals surface area contributed by atoms with Gasteiger partial charge in [-0.15, -0.1) is 0 Å². The van der Waals surface area contributed by atoms with Crippen LogP contribution in [0.4, 0.5) is 56.9 Å². The van der Waals surface area contributed by atoms with Gasteiger partial charge in [0.15, 0.2) is 0 Å². The number of unbranched alkanes of at least 4 members (excludes halogenated alkanes) is 5. The van der Waals surface area contributed by atoms with Gasteiger partial charge in [-0.3, -0.25) is 50.5 Å². The minimum absolute atomic E-state index is 0.0999. The van der Waals surface area contributed by atoms with Crippen molar-refractivity contribution in [1.29, 1.82) is 0 Å². The minimum atomic E-state index is -0.831. The van der Waals surface area contributed by atoms with Gasteiger partial charge in [0.1, 0.15) is 0 Å². The smallest absolute Gasteiger partial charge is 0.285 e. The summed E-state index contributed by atoms with van der Waals surface area (Å²) < 4.78 is 0. The Hall–Kier alpha value is -6.72. The van der Waals surface area contributed by atoms with Gasteiger partial charge in [-0.25, -0.2) is 0 Å². The Morgan fingerprint density at radius 1 is 0.434 bits per heavy atom. The van der Waals surface area contributed by atoms with Gasteiger partial charge < -0.3 is 0 Å². The summed E-state index contributed by atoms with van der Waals surface area (Å²) in [6, 6.07) is 21.4. The fraction of sp³-hybridized carbons (Fsp3) is 0.314. The van der Waals surface area contributed by atoms with Crippen molar-refractivity contribution in [2.45, 2.75) is 58.8 Å². The molecule has 0 atom stereocenters. The molecule has 18 nitrogen and oxygen atoms in total. The molecule has 0 saturated carbocycles. The molecule has 0 unspecified atom stereocenters. The Labute approximate surface area is 304 Å². The van der Waals surface area contributed by atoms with E-state index < -0.39 is 42.4 Å². The van der Waals surface area contributed by atoms with Crippen LogP contribution < -0.4 is 10.0 Å². The summed E-state index contributed by atoms with van der Waals surface area (Å²) >= 11 is 0. The summed E-state index contributed by atoms with van der Waals surface area (Å²) in [7, 11) is 0. The Balaban J connectivity index is 1.60. The first kappa shape index (κ1) is 39.1. The zero-order valence-electron chi connectivity index (χ0n) is 29.2. The van der Waals surface area contributed by atoms with E-state index in [0.717, 1.165) is 93.7 Å². The standard InChI is InChI=1S/C35H38N10O8/c1-3-5-7-9-23-41(31-18-12-27(13-19-31)37-39-29-15-21-33(43(48)49)35(25-29)45(52)53)40(22-8-6-4-2)30-16-10-26(11-17-30)36-38-28-14-20-32(42(46)47)34(24-28)44(50)51/h10-21,24-25H,3-9,22-23H2,1-2H3. The van der Waals surface area contributed by atoms with Crippen molar-refractivity contribution in [3.63, 3.8) is 0 Å². The predicted octanol–water partition coefficient (Wildman–Crippen LogP) is 11.1. The molecule has 0 amide bonds. The van der Waals surface area contributed by atoms with Gasteiger partial charge in [0.2, 0.25) is 0 Å². The minimum Gasteiger partial charge on any atom is -0.285 e. The number of benzene rings is 4. The molecule has 0 aliphatic rings. The van der Waals surface area contributed by atoms with E-state index in [1.54, 1.807) is 24.3 Å². The lowest BCUT2D eigenvalue weighted by Crippen LogP contribution is -2.44. The van der Waals surface area contributed by atoms with Crippen LogP contribution in [-0.4, -0.2) is 32.8 Å². The molecule has 18 heteroatoms. The number of nitrogens with zero attached hydrogens (tertiary/aromatic N) is 10. The molecule has 0 spiro atoms. The van der Waals surface area contributed by atoms with Crippen LogP contribution in [0.25, 0.3) is 0 Å². The zero-order chi connectivity index (χ0) is 38.3. The van der Waals surface area contributed by atoms with Gasteiger partial charge in [0.25, 0.3) is 0 Å². The summed E-state index contributed by atoms with van der Waals surface area (Å²) in [5.41, 5.74) is 0.344. The number of hydrogen-bond acceptors (Lipinski definition) is 14. The molecule has 0 radical (unpaired) electrons. The van der Waals surface area contributed by atoms with E-state index >= 15 is 0 Å². The van der Waals surface area contributed by atoms with Crippen LogP contribution in [-0.2, 0) is 0 Å². The first-order valence-electron chi connectivity index (χ1n) is 17.0. The highest BCUT2D eigenvalue weighted by Crippen LogP contribution is 2.34. The molecule has 4 aromatic carbocycles. The largest absolute Gasteiger partial charge is 0.348 e. The monoisotopic (exact) mass is 726 g/mol. The van der Waals surface area contributed by atoms with Crippen LogP contribution in [0.2, 0.25) is 0 Å². The van der Waals surface area contributed by atoms with Crippen molar-refractivity contribution in [2.24, 2.45) is 20.5 Å². The Kier molecular flexibility index (Phi) is 14.0. The highest BCUT2D eigenvalue weighted by molar-refractivity contribution is 5.63. The van der Waals surface area contributed by atoms with E-state index in [0.29, 0.717) is 11.4 Å². The van der Waals surface area contributed by atoms with Gasteiger partial charge in [-0.1, -0.05) is 46.0 Å². The molecule has 0 heterocycles. The summed E-state index contributed by atoms with van der Waals surface area (Å²) in [6.07, 6.45) is 7.14. The van der Waals surface area contributed by atoms with Crippen molar-refractivity contribution in [1.82, 2.24) is 0 Å². The van der Waals surface area contributed by atoms with Gasteiger partial charge in [0.05, 0.1) is 66.0 Å². The van der Waals surface area contributed by atoms with E-state index in [9.17, 15) is 40.5 Å². The topological polar surface area (TPSA) is 228 Å². The fourth-order valence-electron chi connectivity index (χ4n) is 5.34. The number of nitro benzene ring substituents is 4. The number of hydrazine groups is 1. The maximum atomic E-state index is 11.3. The Morgan fingerprint density at radius 2 is 0.755 bits per heavy atom. The van der Waals surface area contributed by atoms with Crippen LogP contribution in [0.15, 0.2) is 105 Å². The number of nitro groups is 4. The number of anilines is 2. The summed E-state index contributed by atoms with van der Waals surface area (Å²) in [6.45, 7) is 5.72. The third kappa shape index (κ3) is 10.9. The molecule has 53 heavy (non-hydrogen) atoms. The molecule has 0 saturated heterocycles. The van der Waals surface area contributed by atoms with Crippen molar-refractivity contribution in [2.75, 3.05) is 23.1 Å². The number of azo groups is 2. The van der Waals surface area contributed by atoms with E-state index in [1.165, 1.54) is 12.1 Å². The quantitative estimate of drug-likeness (QED) is 0.0362. The van der Waals surface area contributed by atoms with Crippen LogP contribution in [0, 0.1) is 40.5 Å². The molecule has 0 aromatic heterocycles. The average Bonchev–Trinajstić information content (AvgIpc) is 3.15. The molecule has 0 aliphatic carbocycles. The second-order valence-electron chi connectivity index (χ2n) is 11.8. The van der Waals surface area contributed by atoms with Crippen LogP contribution >= 0.6 is 0 Å². The second kappa shape index (κ2) is 19.0. The molecule has 0 fully saturated rings. The van der Waals surface area contributed by atoms with Crippen molar-refractivity contribution in [3.8, 4) is 0 Å². The fourth-order valence-corrected chi connectivity index (χ4v) is 5.34. The number of hydrogen-bond donors (Lipinski definition) is 0. The molecule has 0 N–H and O–H groups in total. The third-order valence-corrected chi connectivity index (χ3v) is 8.05. The zero-order valence-corrected chi connectivity index (χ0v) is 29.2. The van der Waals surface area contributed by atoms with Crippen LogP contribution in [0.3, 0.4) is 0 Å². The van der Waals surface area contributed by atoms with Crippen LogP contribution in [0.5, 0.6) is 0 Å². The van der Waals surface area contributed by atoms with Gasteiger partial charge in [0, 0.05) is 25.2 Å². The predicted molar refractivity (Wildman–Crippen MR) is 199 cm³/mol. The van der Waals surface area contributed by atoms with Crippen molar-refractivity contribution >= 4 is 56.9 Å². The summed E-state index contributed by atoms with van der Waals surface area (Å²) in [5, 5.41) is 65.9. The maximum absolute atomic E-state index is 11.3. The molecular formula is C35H38N10O8. The molecule has 0 bridgehead atoms. The normalized spacial score (nSPS) is 11.2. The van der Waals surface area contributed by atoms with E-state index in [1.807, 2.05) is 24.3 Å². The molecule has 0 aliphatic heterocycles. The van der Waals surface area contributed by atoms with E-state index in [4.69, 9.17) is 0 Å². The van der Waals surface area contributed by atoms with Crippen molar-refractivity contribution < 1.29 is 19.7 Å². The molecule has 276 valence electrons. The van der Waals surface area contributed by atoms with E-state index in [-0.39, 0.29) is 11.4 Å². The first-order chi connectivity index (χ1) is 25.5. The highest BCUT2D eigenvalue weighted by atomic mass is 16.6. The second-order valence-corrected chi connectivity index (χ2v) is 11.8. The third-order valence-electron chi connectivity index (χ3n) is 8.05. The summed E-state index contributed by atoms with van der Waals surface area (Å²) in [4.78, 5) is 41.7. The van der Waals surface area contributed by atoms with E-state index in [2.05, 4.69) is 44.3 Å². The van der Waals surface area contributed by atoms with Gasteiger partial charge in [-0.05, 0) is 73.5 Å². The van der Waals surface area contributed by atoms with Crippen molar-refractivity contribution in [3.05, 3.63) is 125 Å². The maximum Gasteiger partial charge on any atom is 0.348 e. The molecule has 4 rings (SSSR count). The number of rotatable bonds is 20. The van der Waals surface area contributed by atoms with Gasteiger partial charge >= 0.3 is 22.7 Å². The lowest BCUT2D eigenvalue weighted by Gasteiger charge is -2.39. The molecular weight excluding hydrogens is 688 g/mol. The SMILES string of the molecule is CCCCCCN(c1ccc(N=Nc2ccc([N+](=O)[O-])c([N+](=O)[O-])c2)cc1)N(CCCCC)c1ccc(N=Nc2ccc([N+](=O)[O-])c([N+](=O)[O-])c2)cc1. The molecule has 4 aromatic rings. The Morgan fingerprint density at radius 3 is 1.11 bits per heavy atom.